The number of benzene rings is 1. The molecule has 0 fully saturated rings. The topological polar surface area (TPSA) is 72.4 Å². The quantitative estimate of drug-likeness (QED) is 0.571. The highest BCUT2D eigenvalue weighted by Crippen LogP contribution is 2.21. The van der Waals surface area contributed by atoms with Gasteiger partial charge in [-0.3, -0.25) is 4.79 Å². The predicted octanol–water partition coefficient (Wildman–Crippen LogP) is 3.69. The number of imidazole rings is 1. The van der Waals surface area contributed by atoms with Gasteiger partial charge in [0.2, 0.25) is 11.8 Å². The van der Waals surface area contributed by atoms with Crippen molar-refractivity contribution in [2.24, 2.45) is 0 Å². The van der Waals surface area contributed by atoms with Gasteiger partial charge in [-0.1, -0.05) is 6.07 Å². The molecule has 1 amide bonds. The number of nitrogens with one attached hydrogen (secondary N) is 1. The summed E-state index contributed by atoms with van der Waals surface area (Å²) in [6.45, 7) is 1.84. The number of carbonyl (C=O) groups is 1. The number of oxazole rings is 1. The number of aromatic nitrogens is 3. The lowest BCUT2D eigenvalue weighted by molar-refractivity contribution is -0.121. The molecule has 4 rings (SSSR count). The third-order valence-corrected chi connectivity index (χ3v) is 4.29. The van der Waals surface area contributed by atoms with Gasteiger partial charge in [0.15, 0.2) is 11.6 Å². The molecule has 0 spiro atoms. The highest BCUT2D eigenvalue weighted by atomic mass is 19.2. The van der Waals surface area contributed by atoms with Gasteiger partial charge in [-0.15, -0.1) is 0 Å². The predicted molar refractivity (Wildman–Crippen MR) is 97.3 cm³/mol. The zero-order valence-corrected chi connectivity index (χ0v) is 14.9. The van der Waals surface area contributed by atoms with Gasteiger partial charge in [-0.25, -0.2) is 18.7 Å². The molecule has 3 heterocycles. The fourth-order valence-corrected chi connectivity index (χ4v) is 2.96. The van der Waals surface area contributed by atoms with Gasteiger partial charge in [0.25, 0.3) is 0 Å². The van der Waals surface area contributed by atoms with Gasteiger partial charge in [0.1, 0.15) is 12.1 Å². The molecule has 1 N–H and O–H groups in total. The van der Waals surface area contributed by atoms with Gasteiger partial charge in [0, 0.05) is 11.8 Å². The van der Waals surface area contributed by atoms with Crippen molar-refractivity contribution < 1.29 is 18.0 Å². The average molecular weight is 382 g/mol. The van der Waals surface area contributed by atoms with Crippen LogP contribution >= 0.6 is 0 Å². The summed E-state index contributed by atoms with van der Waals surface area (Å²) in [5.41, 5.74) is 1.62. The van der Waals surface area contributed by atoms with Crippen molar-refractivity contribution in [1.82, 2.24) is 19.7 Å². The van der Waals surface area contributed by atoms with E-state index in [1.165, 1.54) is 12.3 Å². The lowest BCUT2D eigenvalue weighted by Crippen LogP contribution is -2.29. The highest BCUT2D eigenvalue weighted by molar-refractivity contribution is 5.78. The molecule has 0 saturated heterocycles. The van der Waals surface area contributed by atoms with Crippen molar-refractivity contribution in [2.75, 3.05) is 0 Å². The monoisotopic (exact) mass is 382 g/mol. The first-order valence-electron chi connectivity index (χ1n) is 8.62. The molecular formula is C20H16F2N4O2. The van der Waals surface area contributed by atoms with Crippen LogP contribution in [0, 0.1) is 11.6 Å². The van der Waals surface area contributed by atoms with Crippen molar-refractivity contribution in [3.63, 3.8) is 0 Å². The second-order valence-electron chi connectivity index (χ2n) is 6.35. The van der Waals surface area contributed by atoms with Crippen LogP contribution in [-0.2, 0) is 11.2 Å². The number of rotatable bonds is 5. The van der Waals surface area contributed by atoms with E-state index in [4.69, 9.17) is 4.42 Å². The van der Waals surface area contributed by atoms with Crippen LogP contribution in [0.4, 0.5) is 8.78 Å². The van der Waals surface area contributed by atoms with Crippen LogP contribution in [0.5, 0.6) is 0 Å². The van der Waals surface area contributed by atoms with E-state index in [1.54, 1.807) is 6.20 Å². The minimum atomic E-state index is -0.990. The van der Waals surface area contributed by atoms with Crippen LogP contribution in [0.3, 0.4) is 0 Å². The molecule has 0 aliphatic heterocycles. The standard InChI is InChI=1S/C20H16F2N4O2/c1-12(19-23-10-15-4-2-3-7-26(15)19)24-18(27)9-14-11-28-20(25-14)13-5-6-16(21)17(22)8-13/h2-8,10-12H,9H2,1H3,(H,24,27)/t12-/m1/s1. The lowest BCUT2D eigenvalue weighted by atomic mass is 10.2. The van der Waals surface area contributed by atoms with Crippen molar-refractivity contribution >= 4 is 11.4 Å². The van der Waals surface area contributed by atoms with E-state index >= 15 is 0 Å². The number of amides is 1. The van der Waals surface area contributed by atoms with Gasteiger partial charge in [-0.2, -0.15) is 0 Å². The average Bonchev–Trinajstić information content (AvgIpc) is 3.31. The molecule has 142 valence electrons. The molecule has 1 aromatic carbocycles. The van der Waals surface area contributed by atoms with E-state index in [0.29, 0.717) is 17.1 Å². The van der Waals surface area contributed by atoms with Crippen LogP contribution in [0.2, 0.25) is 0 Å². The molecule has 0 aliphatic carbocycles. The largest absolute Gasteiger partial charge is 0.444 e. The summed E-state index contributed by atoms with van der Waals surface area (Å²) >= 11 is 0. The zero-order valence-electron chi connectivity index (χ0n) is 14.9. The Balaban J connectivity index is 1.44. The summed E-state index contributed by atoms with van der Waals surface area (Å²) in [6.07, 6.45) is 4.93. The Hall–Kier alpha value is -3.55. The van der Waals surface area contributed by atoms with Gasteiger partial charge >= 0.3 is 0 Å². The van der Waals surface area contributed by atoms with E-state index in [9.17, 15) is 13.6 Å². The first-order chi connectivity index (χ1) is 13.5. The summed E-state index contributed by atoms with van der Waals surface area (Å²) < 4.78 is 33.6. The van der Waals surface area contributed by atoms with E-state index in [0.717, 1.165) is 17.6 Å². The number of carbonyl (C=O) groups excluding carboxylic acids is 1. The Labute approximate surface area is 158 Å². The molecule has 0 saturated carbocycles. The maximum absolute atomic E-state index is 13.4. The minimum absolute atomic E-state index is 0.0131. The van der Waals surface area contributed by atoms with Crippen molar-refractivity contribution in [2.45, 2.75) is 19.4 Å². The summed E-state index contributed by atoms with van der Waals surface area (Å²) in [5.74, 6) is -1.36. The second kappa shape index (κ2) is 7.22. The molecule has 0 radical (unpaired) electrons. The van der Waals surface area contributed by atoms with E-state index in [1.807, 2.05) is 35.7 Å². The Morgan fingerprint density at radius 3 is 2.93 bits per heavy atom. The van der Waals surface area contributed by atoms with Gasteiger partial charge in [-0.05, 0) is 37.3 Å². The van der Waals surface area contributed by atoms with E-state index < -0.39 is 11.6 Å². The fourth-order valence-electron chi connectivity index (χ4n) is 2.96. The smallest absolute Gasteiger partial charge is 0.226 e. The van der Waals surface area contributed by atoms with Crippen molar-refractivity contribution in [1.29, 1.82) is 0 Å². The zero-order chi connectivity index (χ0) is 19.7. The van der Waals surface area contributed by atoms with Crippen LogP contribution < -0.4 is 5.32 Å². The Morgan fingerprint density at radius 2 is 2.11 bits per heavy atom. The molecule has 1 atom stereocenters. The Kier molecular flexibility index (Phi) is 4.60. The summed E-state index contributed by atoms with van der Waals surface area (Å²) in [4.78, 5) is 20.9. The van der Waals surface area contributed by atoms with E-state index in [2.05, 4.69) is 15.3 Å². The first-order valence-corrected chi connectivity index (χ1v) is 8.62. The normalized spacial score (nSPS) is 12.2. The molecule has 0 bridgehead atoms. The Bertz CT molecular complexity index is 1150. The first kappa shape index (κ1) is 17.8. The third-order valence-electron chi connectivity index (χ3n) is 4.29. The summed E-state index contributed by atoms with van der Waals surface area (Å²) in [6, 6.07) is 8.78. The molecule has 4 aromatic rings. The maximum Gasteiger partial charge on any atom is 0.226 e. The molecule has 3 aromatic heterocycles. The SMILES string of the molecule is C[C@@H](NC(=O)Cc1coc(-c2ccc(F)c(F)c2)n1)c1ncc2ccccn12. The summed E-state index contributed by atoms with van der Waals surface area (Å²) in [5, 5.41) is 2.87. The number of halogens is 2. The van der Waals surface area contributed by atoms with Crippen LogP contribution in [0.1, 0.15) is 24.5 Å². The summed E-state index contributed by atoms with van der Waals surface area (Å²) in [7, 11) is 0. The number of nitrogens with zero attached hydrogens (tertiary/aromatic N) is 3. The number of pyridine rings is 1. The lowest BCUT2D eigenvalue weighted by Gasteiger charge is -2.12. The van der Waals surface area contributed by atoms with Gasteiger partial charge < -0.3 is 14.1 Å². The van der Waals surface area contributed by atoms with Crippen LogP contribution in [-0.4, -0.2) is 20.3 Å². The molecular weight excluding hydrogens is 366 g/mol. The molecule has 0 aliphatic rings. The van der Waals surface area contributed by atoms with E-state index in [-0.39, 0.29) is 24.3 Å². The van der Waals surface area contributed by atoms with Crippen LogP contribution in [0.15, 0.2) is 59.5 Å². The maximum atomic E-state index is 13.4. The fraction of sp³-hybridized carbons (Fsp3) is 0.150. The number of hydrogen-bond acceptors (Lipinski definition) is 4. The number of hydrogen-bond donors (Lipinski definition) is 1. The number of fused-ring (bicyclic) bond motifs is 1. The second-order valence-corrected chi connectivity index (χ2v) is 6.35. The highest BCUT2D eigenvalue weighted by Gasteiger charge is 2.17. The Morgan fingerprint density at radius 1 is 1.25 bits per heavy atom. The van der Waals surface area contributed by atoms with Gasteiger partial charge in [0.05, 0.1) is 29.9 Å². The molecule has 6 nitrogen and oxygen atoms in total. The minimum Gasteiger partial charge on any atom is -0.444 e. The molecule has 0 unspecified atom stereocenters. The molecule has 28 heavy (non-hydrogen) atoms. The third kappa shape index (κ3) is 3.48. The van der Waals surface area contributed by atoms with Crippen molar-refractivity contribution in [3.05, 3.63) is 78.2 Å². The van der Waals surface area contributed by atoms with Crippen molar-refractivity contribution in [3.8, 4) is 11.5 Å². The molecule has 8 heteroatoms. The van der Waals surface area contributed by atoms with Crippen LogP contribution in [0.25, 0.3) is 17.0 Å².